The molecule has 1 aliphatic heterocycles. The van der Waals surface area contributed by atoms with Gasteiger partial charge in [-0.1, -0.05) is 19.1 Å². The van der Waals surface area contributed by atoms with E-state index in [-0.39, 0.29) is 6.10 Å². The van der Waals surface area contributed by atoms with Crippen LogP contribution in [-0.2, 0) is 4.74 Å². The fraction of sp³-hybridized carbons (Fsp3) is 0.500. The summed E-state index contributed by atoms with van der Waals surface area (Å²) in [6.07, 6.45) is 0.214. The Morgan fingerprint density at radius 2 is 2.05 bits per heavy atom. The summed E-state index contributed by atoms with van der Waals surface area (Å²) >= 11 is 0. The van der Waals surface area contributed by atoms with Crippen LogP contribution in [0.25, 0.3) is 11.0 Å². The minimum atomic E-state index is 0.214. The number of aryl methyl sites for hydroxylation is 1. The number of fused-ring (bicyclic) bond motifs is 1. The van der Waals surface area contributed by atoms with Gasteiger partial charge in [0.2, 0.25) is 0 Å². The minimum Gasteiger partial charge on any atom is -0.374 e. The fourth-order valence-corrected chi connectivity index (χ4v) is 2.66. The third-order valence-electron chi connectivity index (χ3n) is 3.91. The second-order valence-electron chi connectivity index (χ2n) is 5.41. The van der Waals surface area contributed by atoms with Crippen molar-refractivity contribution < 1.29 is 4.74 Å². The van der Waals surface area contributed by atoms with Gasteiger partial charge < -0.3 is 10.1 Å². The second-order valence-corrected chi connectivity index (χ2v) is 5.41. The average Bonchev–Trinajstić information content (AvgIpc) is 2.53. The third kappa shape index (κ3) is 3.31. The van der Waals surface area contributed by atoms with E-state index < -0.39 is 0 Å². The van der Waals surface area contributed by atoms with Crippen LogP contribution in [0.2, 0.25) is 0 Å². The number of benzene rings is 1. The summed E-state index contributed by atoms with van der Waals surface area (Å²) in [6.45, 7) is 8.84. The molecule has 1 atom stereocenters. The van der Waals surface area contributed by atoms with Crippen LogP contribution < -0.4 is 5.32 Å². The molecule has 0 amide bonds. The number of nitrogens with one attached hydrogen (secondary N) is 1. The van der Waals surface area contributed by atoms with Crippen LogP contribution in [-0.4, -0.2) is 53.8 Å². The summed E-state index contributed by atoms with van der Waals surface area (Å²) < 4.78 is 5.81. The van der Waals surface area contributed by atoms with E-state index in [4.69, 9.17) is 4.74 Å². The van der Waals surface area contributed by atoms with Gasteiger partial charge in [0.15, 0.2) is 0 Å². The molecule has 0 radical (unpaired) electrons. The second kappa shape index (κ2) is 6.37. The Kier molecular flexibility index (Phi) is 4.31. The van der Waals surface area contributed by atoms with E-state index in [1.54, 1.807) is 0 Å². The number of aromatic nitrogens is 2. The molecular formula is C16H22N4O. The van der Waals surface area contributed by atoms with E-state index >= 15 is 0 Å². The number of para-hydroxylation sites is 2. The Labute approximate surface area is 125 Å². The predicted molar refractivity (Wildman–Crippen MR) is 84.6 cm³/mol. The van der Waals surface area contributed by atoms with Crippen LogP contribution in [0, 0.1) is 6.92 Å². The summed E-state index contributed by atoms with van der Waals surface area (Å²) in [5.74, 6) is 0.853. The van der Waals surface area contributed by atoms with Crippen molar-refractivity contribution in [1.29, 1.82) is 0 Å². The molecule has 1 aliphatic rings. The van der Waals surface area contributed by atoms with Gasteiger partial charge in [-0.2, -0.15) is 0 Å². The van der Waals surface area contributed by atoms with E-state index in [2.05, 4.69) is 27.1 Å². The summed E-state index contributed by atoms with van der Waals surface area (Å²) in [5, 5.41) is 3.39. The molecule has 3 rings (SSSR count). The highest BCUT2D eigenvalue weighted by Crippen LogP contribution is 2.16. The number of ether oxygens (including phenoxy) is 1. The van der Waals surface area contributed by atoms with Crippen molar-refractivity contribution in [2.24, 2.45) is 0 Å². The largest absolute Gasteiger partial charge is 0.374 e. The van der Waals surface area contributed by atoms with Crippen LogP contribution in [0.5, 0.6) is 0 Å². The summed E-state index contributed by atoms with van der Waals surface area (Å²) in [7, 11) is 0. The lowest BCUT2D eigenvalue weighted by atomic mass is 10.2. The Bertz CT molecular complexity index is 616. The first-order chi connectivity index (χ1) is 10.3. The van der Waals surface area contributed by atoms with Gasteiger partial charge in [-0.15, -0.1) is 0 Å². The first kappa shape index (κ1) is 14.2. The molecule has 0 saturated carbocycles. The van der Waals surface area contributed by atoms with Crippen molar-refractivity contribution >= 4 is 16.9 Å². The number of anilines is 1. The molecule has 1 fully saturated rings. The number of morpholine rings is 1. The van der Waals surface area contributed by atoms with Gasteiger partial charge in [0.25, 0.3) is 0 Å². The molecule has 2 aromatic rings. The van der Waals surface area contributed by atoms with Crippen LogP contribution >= 0.6 is 0 Å². The zero-order valence-electron chi connectivity index (χ0n) is 12.7. The third-order valence-corrected chi connectivity index (χ3v) is 3.91. The fourth-order valence-electron chi connectivity index (χ4n) is 2.66. The maximum absolute atomic E-state index is 5.81. The summed E-state index contributed by atoms with van der Waals surface area (Å²) in [4.78, 5) is 11.7. The standard InChI is InChI=1S/C16H22N4O/c1-3-20-8-9-21-13(11-20)10-17-16-12(2)18-14-6-4-5-7-15(14)19-16/h4-7,13H,3,8-11H2,1-2H3,(H,17,19). The number of likely N-dealkylation sites (N-methyl/N-ethyl adjacent to an activating group) is 1. The zero-order valence-corrected chi connectivity index (χ0v) is 12.7. The van der Waals surface area contributed by atoms with Crippen LogP contribution in [0.15, 0.2) is 24.3 Å². The van der Waals surface area contributed by atoms with Crippen molar-refractivity contribution in [3.8, 4) is 0 Å². The van der Waals surface area contributed by atoms with Gasteiger partial charge in [-0.3, -0.25) is 4.90 Å². The van der Waals surface area contributed by atoms with Crippen molar-refractivity contribution in [3.05, 3.63) is 30.0 Å². The van der Waals surface area contributed by atoms with Crippen molar-refractivity contribution in [2.75, 3.05) is 38.1 Å². The van der Waals surface area contributed by atoms with E-state index in [0.717, 1.165) is 55.3 Å². The van der Waals surface area contributed by atoms with E-state index in [0.29, 0.717) is 0 Å². The van der Waals surface area contributed by atoms with Gasteiger partial charge in [0.1, 0.15) is 5.82 Å². The van der Waals surface area contributed by atoms with Crippen molar-refractivity contribution in [2.45, 2.75) is 20.0 Å². The van der Waals surface area contributed by atoms with E-state index in [9.17, 15) is 0 Å². The molecule has 1 aromatic carbocycles. The van der Waals surface area contributed by atoms with Crippen molar-refractivity contribution in [1.82, 2.24) is 14.9 Å². The quantitative estimate of drug-likeness (QED) is 0.932. The van der Waals surface area contributed by atoms with Crippen LogP contribution in [0.1, 0.15) is 12.6 Å². The van der Waals surface area contributed by atoms with E-state index in [1.165, 1.54) is 0 Å². The lowest BCUT2D eigenvalue weighted by molar-refractivity contribution is -0.0192. The molecule has 2 heterocycles. The molecule has 1 unspecified atom stereocenters. The maximum atomic E-state index is 5.81. The molecular weight excluding hydrogens is 264 g/mol. The first-order valence-electron chi connectivity index (χ1n) is 7.57. The SMILES string of the molecule is CCN1CCOC(CNc2nc3ccccc3nc2C)C1. The summed E-state index contributed by atoms with van der Waals surface area (Å²) in [5.41, 5.74) is 2.79. The molecule has 0 bridgehead atoms. The van der Waals surface area contributed by atoms with Gasteiger partial charge in [0.05, 0.1) is 29.4 Å². The molecule has 112 valence electrons. The van der Waals surface area contributed by atoms with Gasteiger partial charge in [-0.25, -0.2) is 9.97 Å². The summed E-state index contributed by atoms with van der Waals surface area (Å²) in [6, 6.07) is 7.95. The average molecular weight is 286 g/mol. The maximum Gasteiger partial charge on any atom is 0.148 e. The molecule has 1 aromatic heterocycles. The first-order valence-corrected chi connectivity index (χ1v) is 7.57. The lowest BCUT2D eigenvalue weighted by Gasteiger charge is -2.32. The number of hydrogen-bond donors (Lipinski definition) is 1. The minimum absolute atomic E-state index is 0.214. The molecule has 0 aliphatic carbocycles. The predicted octanol–water partition coefficient (Wildman–Crippen LogP) is 2.07. The lowest BCUT2D eigenvalue weighted by Crippen LogP contribution is -2.45. The molecule has 5 heteroatoms. The Morgan fingerprint density at radius 3 is 2.81 bits per heavy atom. The number of hydrogen-bond acceptors (Lipinski definition) is 5. The highest BCUT2D eigenvalue weighted by molar-refractivity contribution is 5.76. The molecule has 21 heavy (non-hydrogen) atoms. The van der Waals surface area contributed by atoms with Gasteiger partial charge in [0, 0.05) is 19.6 Å². The number of nitrogens with zero attached hydrogens (tertiary/aromatic N) is 3. The smallest absolute Gasteiger partial charge is 0.148 e. The molecule has 1 N–H and O–H groups in total. The Hall–Kier alpha value is -1.72. The highest BCUT2D eigenvalue weighted by Gasteiger charge is 2.19. The van der Waals surface area contributed by atoms with Crippen LogP contribution in [0.4, 0.5) is 5.82 Å². The monoisotopic (exact) mass is 286 g/mol. The number of rotatable bonds is 4. The Balaban J connectivity index is 1.68. The highest BCUT2D eigenvalue weighted by atomic mass is 16.5. The van der Waals surface area contributed by atoms with Gasteiger partial charge >= 0.3 is 0 Å². The van der Waals surface area contributed by atoms with Crippen molar-refractivity contribution in [3.63, 3.8) is 0 Å². The molecule has 1 saturated heterocycles. The zero-order chi connectivity index (χ0) is 14.7. The Morgan fingerprint density at radius 1 is 1.29 bits per heavy atom. The molecule has 0 spiro atoms. The topological polar surface area (TPSA) is 50.3 Å². The van der Waals surface area contributed by atoms with Crippen LogP contribution in [0.3, 0.4) is 0 Å². The van der Waals surface area contributed by atoms with E-state index in [1.807, 2.05) is 31.2 Å². The normalized spacial score (nSPS) is 19.8. The molecule has 5 nitrogen and oxygen atoms in total. The van der Waals surface area contributed by atoms with Gasteiger partial charge in [-0.05, 0) is 25.6 Å².